The van der Waals surface area contributed by atoms with E-state index in [0.717, 1.165) is 17.0 Å². The maximum Gasteiger partial charge on any atom is 0.413 e. The second kappa shape index (κ2) is 4.73. The van der Waals surface area contributed by atoms with E-state index >= 15 is 0 Å². The fraction of sp³-hybridized carbons (Fsp3) is 0.176. The van der Waals surface area contributed by atoms with Gasteiger partial charge in [0, 0.05) is 29.2 Å². The van der Waals surface area contributed by atoms with E-state index in [9.17, 15) is 0 Å². The van der Waals surface area contributed by atoms with Gasteiger partial charge < -0.3 is 4.42 Å². The minimum atomic E-state index is 0.193. The van der Waals surface area contributed by atoms with Gasteiger partial charge >= 0.3 is 6.85 Å². The molecule has 0 radical (unpaired) electrons. The molecule has 0 saturated heterocycles. The summed E-state index contributed by atoms with van der Waals surface area (Å²) in [5.41, 5.74) is 3.16. The predicted octanol–water partition coefficient (Wildman–Crippen LogP) is 2.28. The van der Waals surface area contributed by atoms with E-state index in [4.69, 9.17) is 4.42 Å². The number of furan rings is 1. The third-order valence-corrected chi connectivity index (χ3v) is 4.30. The van der Waals surface area contributed by atoms with Crippen LogP contribution in [0.25, 0.3) is 17.2 Å². The quantitative estimate of drug-likeness (QED) is 0.509. The molecule has 22 heavy (non-hydrogen) atoms. The average molecular weight is 290 g/mol. The minimum Gasteiger partial charge on any atom is -0.439 e. The molecule has 0 aliphatic carbocycles. The van der Waals surface area contributed by atoms with Crippen LogP contribution in [-0.4, -0.2) is 11.8 Å². The Hall–Kier alpha value is -2.56. The molecule has 0 amide bonds. The lowest BCUT2D eigenvalue weighted by Crippen LogP contribution is -2.50. The highest BCUT2D eigenvalue weighted by atomic mass is 16.3. The smallest absolute Gasteiger partial charge is 0.413 e. The zero-order valence-corrected chi connectivity index (χ0v) is 12.9. The van der Waals surface area contributed by atoms with Crippen LogP contribution in [0.5, 0.6) is 0 Å². The van der Waals surface area contributed by atoms with Gasteiger partial charge in [0.2, 0.25) is 5.71 Å². The van der Waals surface area contributed by atoms with Crippen LogP contribution in [0.4, 0.5) is 5.82 Å². The molecule has 0 spiro atoms. The number of pyridine rings is 2. The first-order chi connectivity index (χ1) is 10.6. The lowest BCUT2D eigenvalue weighted by atomic mass is 9.54. The van der Waals surface area contributed by atoms with Crippen molar-refractivity contribution in [3.8, 4) is 0 Å². The number of nitrogens with zero attached hydrogens (tertiary/aromatic N) is 3. The van der Waals surface area contributed by atoms with Crippen LogP contribution in [0, 0.1) is 6.92 Å². The van der Waals surface area contributed by atoms with Gasteiger partial charge in [0.25, 0.3) is 5.82 Å². The first-order valence-electron chi connectivity index (χ1n) is 7.45. The summed E-state index contributed by atoms with van der Waals surface area (Å²) < 4.78 is 8.01. The Morgan fingerprint density at radius 3 is 3.05 bits per heavy atom. The van der Waals surface area contributed by atoms with Crippen LogP contribution in [-0.2, 0) is 7.05 Å². The molecule has 0 N–H and O–H groups in total. The lowest BCUT2D eigenvalue weighted by molar-refractivity contribution is -0.658. The summed E-state index contributed by atoms with van der Waals surface area (Å²) in [6.07, 6.45) is 7.98. The number of anilines is 1. The largest absolute Gasteiger partial charge is 0.439 e. The fourth-order valence-corrected chi connectivity index (χ4v) is 3.13. The number of hydrogen-bond donors (Lipinski definition) is 0. The molecule has 0 fully saturated rings. The number of fused-ring (bicyclic) bond motifs is 3. The Morgan fingerprint density at radius 1 is 1.32 bits per heavy atom. The molecule has 0 atom stereocenters. The van der Waals surface area contributed by atoms with Crippen molar-refractivity contribution >= 4 is 35.3 Å². The maximum atomic E-state index is 5.87. The van der Waals surface area contributed by atoms with Gasteiger partial charge in [0.1, 0.15) is 5.76 Å². The maximum absolute atomic E-state index is 5.87. The van der Waals surface area contributed by atoms with Crippen molar-refractivity contribution in [2.24, 2.45) is 7.05 Å². The molecule has 0 aromatic carbocycles. The normalized spacial score (nSPS) is 13.8. The topological polar surface area (TPSA) is 33.2 Å². The van der Waals surface area contributed by atoms with Crippen molar-refractivity contribution in [3.05, 3.63) is 54.2 Å². The van der Waals surface area contributed by atoms with Crippen LogP contribution in [0.1, 0.15) is 11.3 Å². The van der Waals surface area contributed by atoms with E-state index in [1.54, 1.807) is 6.20 Å². The molecule has 0 saturated carbocycles. The predicted molar refractivity (Wildman–Crippen MR) is 89.1 cm³/mol. The molecular weight excluding hydrogens is 273 g/mol. The Kier molecular flexibility index (Phi) is 2.82. The minimum absolute atomic E-state index is 0.193. The Bertz CT molecular complexity index is 900. The van der Waals surface area contributed by atoms with E-state index in [1.807, 2.05) is 12.1 Å². The highest BCUT2D eigenvalue weighted by Gasteiger charge is 2.37. The van der Waals surface area contributed by atoms with Gasteiger partial charge in [-0.1, -0.05) is 0 Å². The molecule has 3 aromatic heterocycles. The van der Waals surface area contributed by atoms with Crippen molar-refractivity contribution < 1.29 is 8.98 Å². The molecule has 1 aliphatic heterocycles. The van der Waals surface area contributed by atoms with Crippen molar-refractivity contribution in [3.63, 3.8) is 0 Å². The van der Waals surface area contributed by atoms with Crippen molar-refractivity contribution in [1.82, 2.24) is 4.98 Å². The summed E-state index contributed by atoms with van der Waals surface area (Å²) in [6.45, 7) is 4.51. The summed E-state index contributed by atoms with van der Waals surface area (Å²) in [5.74, 6) is 2.07. The molecule has 0 unspecified atom stereocenters. The Labute approximate surface area is 129 Å². The van der Waals surface area contributed by atoms with Crippen LogP contribution in [0.3, 0.4) is 0 Å². The number of hydrogen-bond acceptors (Lipinski definition) is 3. The molecule has 3 aromatic rings. The van der Waals surface area contributed by atoms with E-state index in [1.165, 1.54) is 11.0 Å². The molecular formula is C17H17BN3O+. The number of aromatic nitrogens is 2. The molecule has 4 rings (SSSR count). The number of rotatable bonds is 1. The standard InChI is InChI=1S/C17H17BN3O/c1-12-6-9-20(3)15(11-12)21-10-7-14-16(18(21)2)13-5-4-8-19-17(13)22-14/h4-11H,1-3H3/q+1. The molecule has 1 aliphatic rings. The molecule has 0 bridgehead atoms. The van der Waals surface area contributed by atoms with Crippen LogP contribution in [0.2, 0.25) is 6.82 Å². The van der Waals surface area contributed by atoms with Gasteiger partial charge in [-0.3, -0.25) is 4.81 Å². The van der Waals surface area contributed by atoms with E-state index in [0.29, 0.717) is 5.71 Å². The monoisotopic (exact) mass is 290 g/mol. The Balaban J connectivity index is 1.88. The van der Waals surface area contributed by atoms with Crippen LogP contribution in [0.15, 0.2) is 47.3 Å². The molecule has 108 valence electrons. The van der Waals surface area contributed by atoms with Crippen molar-refractivity contribution in [2.45, 2.75) is 13.7 Å². The summed E-state index contributed by atoms with van der Waals surface area (Å²) in [7, 11) is 2.07. The number of aryl methyl sites for hydroxylation is 2. The molecule has 4 nitrogen and oxygen atoms in total. The van der Waals surface area contributed by atoms with Gasteiger partial charge in [-0.05, 0) is 37.5 Å². The van der Waals surface area contributed by atoms with E-state index in [2.05, 4.69) is 65.8 Å². The van der Waals surface area contributed by atoms with Crippen molar-refractivity contribution in [1.29, 1.82) is 0 Å². The Morgan fingerprint density at radius 2 is 2.18 bits per heavy atom. The van der Waals surface area contributed by atoms with E-state index in [-0.39, 0.29) is 6.85 Å². The SMILES string of the molecule is CB1c2c(oc3ncccc23)C=CN1c1cc(C)cc[n+]1C. The molecule has 4 heterocycles. The van der Waals surface area contributed by atoms with Crippen LogP contribution >= 0.6 is 0 Å². The lowest BCUT2D eigenvalue weighted by Gasteiger charge is -2.22. The second-order valence-corrected chi connectivity index (χ2v) is 5.81. The zero-order valence-electron chi connectivity index (χ0n) is 12.9. The molecule has 5 heteroatoms. The summed E-state index contributed by atoms with van der Waals surface area (Å²) >= 11 is 0. The zero-order chi connectivity index (χ0) is 15.3. The summed E-state index contributed by atoms with van der Waals surface area (Å²) in [4.78, 5) is 6.60. The van der Waals surface area contributed by atoms with Gasteiger partial charge in [-0.25, -0.2) is 9.55 Å². The van der Waals surface area contributed by atoms with Gasteiger partial charge in [-0.2, -0.15) is 0 Å². The summed E-state index contributed by atoms with van der Waals surface area (Å²) in [5, 5.41) is 1.09. The third-order valence-electron chi connectivity index (χ3n) is 4.30. The van der Waals surface area contributed by atoms with Crippen molar-refractivity contribution in [2.75, 3.05) is 4.81 Å². The first-order valence-corrected chi connectivity index (χ1v) is 7.45. The average Bonchev–Trinajstić information content (AvgIpc) is 2.90. The summed E-state index contributed by atoms with van der Waals surface area (Å²) in [6, 6.07) is 8.35. The van der Waals surface area contributed by atoms with Gasteiger partial charge in [-0.15, -0.1) is 0 Å². The highest BCUT2D eigenvalue weighted by molar-refractivity contribution is 6.79. The fourth-order valence-electron chi connectivity index (χ4n) is 3.13. The van der Waals surface area contributed by atoms with E-state index < -0.39 is 0 Å². The highest BCUT2D eigenvalue weighted by Crippen LogP contribution is 2.24. The van der Waals surface area contributed by atoms with Gasteiger partial charge in [0.15, 0.2) is 0 Å². The first kappa shape index (κ1) is 13.1. The third kappa shape index (κ3) is 1.85. The van der Waals surface area contributed by atoms with Crippen LogP contribution < -0.4 is 14.8 Å². The van der Waals surface area contributed by atoms with Gasteiger partial charge in [0.05, 0.1) is 19.4 Å². The second-order valence-electron chi connectivity index (χ2n) is 5.81.